The first-order valence-electron chi connectivity index (χ1n) is 10.1. The summed E-state index contributed by atoms with van der Waals surface area (Å²) >= 11 is 6.05. The van der Waals surface area contributed by atoms with E-state index in [4.69, 9.17) is 16.3 Å². The molecule has 2 aromatic rings. The minimum absolute atomic E-state index is 0.0913. The lowest BCUT2D eigenvalue weighted by Crippen LogP contribution is -2.59. The minimum atomic E-state index is -0.542. The zero-order valence-corrected chi connectivity index (χ0v) is 17.6. The lowest BCUT2D eigenvalue weighted by Gasteiger charge is -2.41. The van der Waals surface area contributed by atoms with Crippen molar-refractivity contribution in [1.29, 1.82) is 0 Å². The minimum Gasteiger partial charge on any atom is -0.370 e. The van der Waals surface area contributed by atoms with Gasteiger partial charge in [0, 0.05) is 55.1 Å². The van der Waals surface area contributed by atoms with E-state index in [0.29, 0.717) is 17.2 Å². The number of amides is 1. The topological polar surface area (TPSA) is 71.4 Å². The van der Waals surface area contributed by atoms with E-state index in [9.17, 15) is 4.79 Å². The van der Waals surface area contributed by atoms with E-state index in [1.807, 2.05) is 30.1 Å². The molecule has 7 nitrogen and oxygen atoms in total. The molecule has 2 spiro atoms. The Labute approximate surface area is 175 Å². The van der Waals surface area contributed by atoms with Crippen molar-refractivity contribution < 1.29 is 9.53 Å². The van der Waals surface area contributed by atoms with Gasteiger partial charge in [0.2, 0.25) is 0 Å². The molecule has 2 N–H and O–H groups in total. The van der Waals surface area contributed by atoms with Crippen molar-refractivity contribution in [2.24, 2.45) is 7.05 Å². The van der Waals surface area contributed by atoms with Crippen molar-refractivity contribution in [1.82, 2.24) is 20.0 Å². The van der Waals surface area contributed by atoms with Crippen LogP contribution in [0.1, 0.15) is 40.9 Å². The van der Waals surface area contributed by atoms with Crippen molar-refractivity contribution in [3.63, 3.8) is 0 Å². The molecule has 154 valence electrons. The highest BCUT2D eigenvalue weighted by Gasteiger charge is 2.53. The highest BCUT2D eigenvalue weighted by atomic mass is 35.5. The van der Waals surface area contributed by atoms with E-state index in [0.717, 1.165) is 44.6 Å². The molecule has 0 saturated carbocycles. The number of ether oxygens (including phenoxy) is 1. The summed E-state index contributed by atoms with van der Waals surface area (Å²) in [7, 11) is 1.98. The third kappa shape index (κ3) is 3.31. The fraction of sp³-hybridized carbons (Fsp3) is 0.524. The number of nitrogens with zero attached hydrogens (tertiary/aromatic N) is 3. The molecule has 3 aliphatic heterocycles. The Bertz CT molecular complexity index is 966. The van der Waals surface area contributed by atoms with Gasteiger partial charge in [-0.05, 0) is 38.0 Å². The summed E-state index contributed by atoms with van der Waals surface area (Å²) in [6.45, 7) is 5.46. The van der Waals surface area contributed by atoms with Gasteiger partial charge in [0.05, 0.1) is 24.0 Å². The number of anilines is 1. The van der Waals surface area contributed by atoms with Crippen LogP contribution in [0.3, 0.4) is 0 Å². The van der Waals surface area contributed by atoms with Crippen molar-refractivity contribution in [2.45, 2.75) is 44.0 Å². The number of aryl methyl sites for hydroxylation is 1. The lowest BCUT2D eigenvalue weighted by atomic mass is 9.84. The van der Waals surface area contributed by atoms with Crippen LogP contribution in [-0.2, 0) is 18.3 Å². The van der Waals surface area contributed by atoms with Gasteiger partial charge in [-0.1, -0.05) is 11.6 Å². The van der Waals surface area contributed by atoms with Gasteiger partial charge in [0.15, 0.2) is 0 Å². The number of hydrogen-bond donors (Lipinski definition) is 2. The molecular formula is C21H26ClN5O2. The second kappa shape index (κ2) is 6.72. The van der Waals surface area contributed by atoms with Gasteiger partial charge in [-0.3, -0.25) is 14.4 Å². The Morgan fingerprint density at radius 2 is 2.07 bits per heavy atom. The van der Waals surface area contributed by atoms with Crippen molar-refractivity contribution in [3.05, 3.63) is 46.2 Å². The Balaban J connectivity index is 1.26. The van der Waals surface area contributed by atoms with Gasteiger partial charge < -0.3 is 15.4 Å². The SMILES string of the molecule is Cc1c(CN2CCC3(CC2)CC2(CO3)NC(=O)c3cc(Cl)ccc3N2)cnn1C. The number of fused-ring (bicyclic) bond motifs is 1. The van der Waals surface area contributed by atoms with E-state index < -0.39 is 5.66 Å². The van der Waals surface area contributed by atoms with Crippen LogP contribution in [0.15, 0.2) is 24.4 Å². The van der Waals surface area contributed by atoms with E-state index in [1.165, 1.54) is 11.3 Å². The molecular weight excluding hydrogens is 390 g/mol. The first-order chi connectivity index (χ1) is 13.9. The van der Waals surface area contributed by atoms with Crippen LogP contribution in [0.25, 0.3) is 0 Å². The number of likely N-dealkylation sites (tertiary alicyclic amines) is 1. The van der Waals surface area contributed by atoms with Gasteiger partial charge in [0.25, 0.3) is 5.91 Å². The predicted octanol–water partition coefficient (Wildman–Crippen LogP) is 2.69. The molecule has 29 heavy (non-hydrogen) atoms. The van der Waals surface area contributed by atoms with Crippen molar-refractivity contribution >= 4 is 23.2 Å². The average molecular weight is 416 g/mol. The van der Waals surface area contributed by atoms with Crippen LogP contribution in [0.5, 0.6) is 0 Å². The second-order valence-corrected chi connectivity index (χ2v) is 9.09. The molecule has 2 fully saturated rings. The molecule has 1 unspecified atom stereocenters. The smallest absolute Gasteiger partial charge is 0.255 e. The molecule has 4 heterocycles. The molecule has 0 radical (unpaired) electrons. The Hall–Kier alpha value is -2.09. The number of carbonyl (C=O) groups excluding carboxylic acids is 1. The highest BCUT2D eigenvalue weighted by molar-refractivity contribution is 6.31. The van der Waals surface area contributed by atoms with E-state index >= 15 is 0 Å². The van der Waals surface area contributed by atoms with Gasteiger partial charge in [-0.2, -0.15) is 5.10 Å². The highest BCUT2D eigenvalue weighted by Crippen LogP contribution is 2.43. The van der Waals surface area contributed by atoms with Crippen LogP contribution in [0.2, 0.25) is 5.02 Å². The van der Waals surface area contributed by atoms with E-state index in [1.54, 1.807) is 6.07 Å². The summed E-state index contributed by atoms with van der Waals surface area (Å²) < 4.78 is 8.27. The van der Waals surface area contributed by atoms with Crippen LogP contribution in [-0.4, -0.2) is 51.5 Å². The molecule has 3 aliphatic rings. The quantitative estimate of drug-likeness (QED) is 0.789. The van der Waals surface area contributed by atoms with Gasteiger partial charge >= 0.3 is 0 Å². The molecule has 0 bridgehead atoms. The van der Waals surface area contributed by atoms with E-state index in [2.05, 4.69) is 27.6 Å². The maximum atomic E-state index is 12.7. The number of carbonyl (C=O) groups is 1. The van der Waals surface area contributed by atoms with Crippen LogP contribution in [0, 0.1) is 6.92 Å². The number of nitrogens with one attached hydrogen (secondary N) is 2. The summed E-state index contributed by atoms with van der Waals surface area (Å²) in [6.07, 6.45) is 4.65. The zero-order valence-electron chi connectivity index (χ0n) is 16.8. The monoisotopic (exact) mass is 415 g/mol. The molecule has 1 aromatic carbocycles. The number of rotatable bonds is 2. The molecule has 1 amide bonds. The molecule has 1 atom stereocenters. The summed E-state index contributed by atoms with van der Waals surface area (Å²) in [5, 5.41) is 11.6. The molecule has 8 heteroatoms. The Morgan fingerprint density at radius 3 is 2.79 bits per heavy atom. The first kappa shape index (κ1) is 18.9. The third-order valence-electron chi connectivity index (χ3n) is 6.70. The lowest BCUT2D eigenvalue weighted by molar-refractivity contribution is -0.0452. The fourth-order valence-corrected chi connectivity index (χ4v) is 5.03. The Morgan fingerprint density at radius 1 is 1.28 bits per heavy atom. The largest absolute Gasteiger partial charge is 0.370 e. The number of benzene rings is 1. The normalized spacial score (nSPS) is 25.8. The average Bonchev–Trinajstić information content (AvgIpc) is 3.19. The second-order valence-electron chi connectivity index (χ2n) is 8.65. The fourth-order valence-electron chi connectivity index (χ4n) is 4.86. The predicted molar refractivity (Wildman–Crippen MR) is 111 cm³/mol. The standard InChI is InChI=1S/C21H26ClN5O2/c1-14-15(10-23-26(14)2)11-27-7-5-20(6-8-27)12-21(13-29-20)24-18-4-3-16(22)9-17(18)19(28)25-21/h3-4,9-10,24H,5-8,11-13H2,1-2H3,(H,25,28). The van der Waals surface area contributed by atoms with E-state index in [-0.39, 0.29) is 11.5 Å². The van der Waals surface area contributed by atoms with Crippen molar-refractivity contribution in [2.75, 3.05) is 25.0 Å². The number of aromatic nitrogens is 2. The van der Waals surface area contributed by atoms with Gasteiger partial charge in [-0.15, -0.1) is 0 Å². The van der Waals surface area contributed by atoms with Crippen LogP contribution in [0.4, 0.5) is 5.69 Å². The maximum absolute atomic E-state index is 12.7. The zero-order chi connectivity index (χ0) is 20.2. The Kier molecular flexibility index (Phi) is 4.38. The molecule has 5 rings (SSSR count). The first-order valence-corrected chi connectivity index (χ1v) is 10.5. The summed E-state index contributed by atoms with van der Waals surface area (Å²) in [6, 6.07) is 5.39. The number of hydrogen-bond acceptors (Lipinski definition) is 5. The van der Waals surface area contributed by atoms with Crippen LogP contribution < -0.4 is 10.6 Å². The van der Waals surface area contributed by atoms with Crippen molar-refractivity contribution in [3.8, 4) is 0 Å². The number of halogens is 1. The summed E-state index contributed by atoms with van der Waals surface area (Å²) in [5.41, 5.74) is 3.18. The maximum Gasteiger partial charge on any atom is 0.255 e. The van der Waals surface area contributed by atoms with Gasteiger partial charge in [0.1, 0.15) is 5.66 Å². The number of piperidine rings is 1. The molecule has 0 aliphatic carbocycles. The molecule has 2 saturated heterocycles. The molecule has 1 aromatic heterocycles. The third-order valence-corrected chi connectivity index (χ3v) is 6.93. The summed E-state index contributed by atoms with van der Waals surface area (Å²) in [5.74, 6) is -0.0913. The van der Waals surface area contributed by atoms with Gasteiger partial charge in [-0.25, -0.2) is 0 Å². The summed E-state index contributed by atoms with van der Waals surface area (Å²) in [4.78, 5) is 15.1. The van der Waals surface area contributed by atoms with Crippen LogP contribution >= 0.6 is 11.6 Å².